The lowest BCUT2D eigenvalue weighted by molar-refractivity contribution is -0.138. The second-order valence-corrected chi connectivity index (χ2v) is 5.89. The molecule has 1 aromatic rings. The summed E-state index contributed by atoms with van der Waals surface area (Å²) in [6.45, 7) is 1.76. The Bertz CT molecular complexity index is 470. The first-order valence-electron chi connectivity index (χ1n) is 6.56. The van der Waals surface area contributed by atoms with Gasteiger partial charge in [-0.2, -0.15) is 13.2 Å². The largest absolute Gasteiger partial charge is 0.496 e. The fraction of sp³-hybridized carbons (Fsp3) is 0.571. The number of hydrogen-bond donors (Lipinski definition) is 1. The fourth-order valence-electron chi connectivity index (χ4n) is 2.58. The number of piperidine rings is 1. The summed E-state index contributed by atoms with van der Waals surface area (Å²) in [6, 6.07) is 2.63. The molecule has 1 fully saturated rings. The highest BCUT2D eigenvalue weighted by Crippen LogP contribution is 2.39. The quantitative estimate of drug-likeness (QED) is 0.887. The van der Waals surface area contributed by atoms with Crippen molar-refractivity contribution in [3.63, 3.8) is 0 Å². The van der Waals surface area contributed by atoms with E-state index in [1.165, 1.54) is 7.11 Å². The van der Waals surface area contributed by atoms with Gasteiger partial charge in [0.25, 0.3) is 0 Å². The molecule has 0 radical (unpaired) electrons. The molecule has 20 heavy (non-hydrogen) atoms. The Balaban J connectivity index is 2.32. The van der Waals surface area contributed by atoms with E-state index in [9.17, 15) is 13.2 Å². The summed E-state index contributed by atoms with van der Waals surface area (Å²) < 4.78 is 45.0. The van der Waals surface area contributed by atoms with Crippen LogP contribution in [0, 0.1) is 5.92 Å². The van der Waals surface area contributed by atoms with Gasteiger partial charge in [0, 0.05) is 0 Å². The van der Waals surface area contributed by atoms with Crippen LogP contribution in [0.4, 0.5) is 13.2 Å². The summed E-state index contributed by atoms with van der Waals surface area (Å²) in [4.78, 5) is 0. The van der Waals surface area contributed by atoms with Gasteiger partial charge in [-0.3, -0.25) is 0 Å². The molecule has 1 aliphatic heterocycles. The van der Waals surface area contributed by atoms with E-state index in [4.69, 9.17) is 4.74 Å². The minimum atomic E-state index is -4.35. The lowest BCUT2D eigenvalue weighted by atomic mass is 9.89. The van der Waals surface area contributed by atoms with Gasteiger partial charge in [-0.25, -0.2) is 0 Å². The van der Waals surface area contributed by atoms with Crippen LogP contribution in [-0.2, 0) is 12.6 Å². The lowest BCUT2D eigenvalue weighted by Gasteiger charge is -2.24. The molecular formula is C14H17BrF3NO. The predicted molar refractivity (Wildman–Crippen MR) is 75.0 cm³/mol. The molecule has 6 heteroatoms. The van der Waals surface area contributed by atoms with Crippen LogP contribution in [0.3, 0.4) is 0 Å². The Labute approximate surface area is 124 Å². The van der Waals surface area contributed by atoms with E-state index in [0.717, 1.165) is 32.0 Å². The zero-order chi connectivity index (χ0) is 14.8. The lowest BCUT2D eigenvalue weighted by Crippen LogP contribution is -2.29. The number of methoxy groups -OCH3 is 1. The van der Waals surface area contributed by atoms with E-state index >= 15 is 0 Å². The maximum atomic E-state index is 13.2. The third kappa shape index (κ3) is 3.67. The number of hydrogen-bond acceptors (Lipinski definition) is 2. The molecule has 1 heterocycles. The zero-order valence-corrected chi connectivity index (χ0v) is 12.8. The molecular weight excluding hydrogens is 335 g/mol. The maximum Gasteiger partial charge on any atom is 0.416 e. The highest BCUT2D eigenvalue weighted by Gasteiger charge is 2.35. The van der Waals surface area contributed by atoms with Crippen molar-refractivity contribution in [3.05, 3.63) is 27.7 Å². The number of rotatable bonds is 3. The normalized spacial score (nSPS) is 17.2. The fourth-order valence-corrected chi connectivity index (χ4v) is 3.13. The minimum absolute atomic E-state index is 0.214. The van der Waals surface area contributed by atoms with Gasteiger partial charge >= 0.3 is 6.18 Å². The molecule has 0 aromatic heterocycles. The first-order chi connectivity index (χ1) is 9.41. The van der Waals surface area contributed by atoms with E-state index < -0.39 is 11.7 Å². The molecule has 0 saturated carbocycles. The summed E-state index contributed by atoms with van der Waals surface area (Å²) in [5.74, 6) is 0.518. The molecule has 0 aliphatic carbocycles. The Morgan fingerprint density at radius 2 is 1.95 bits per heavy atom. The topological polar surface area (TPSA) is 21.3 Å². The standard InChI is InChI=1S/C14H17BrF3NO/c1-20-13-8-11(14(16,17)18)10(7-12(13)15)6-9-2-4-19-5-3-9/h7-9,19H,2-6H2,1H3. The van der Waals surface area contributed by atoms with E-state index in [1.54, 1.807) is 6.07 Å². The predicted octanol–water partition coefficient (Wildman–Crippen LogP) is 4.02. The molecule has 1 aromatic carbocycles. The van der Waals surface area contributed by atoms with Gasteiger partial charge in [-0.15, -0.1) is 0 Å². The van der Waals surface area contributed by atoms with Crippen molar-refractivity contribution in [1.29, 1.82) is 0 Å². The summed E-state index contributed by atoms with van der Waals surface area (Å²) in [5.41, 5.74) is -0.242. The summed E-state index contributed by atoms with van der Waals surface area (Å²) in [6.07, 6.45) is -2.06. The average molecular weight is 352 g/mol. The first-order valence-corrected chi connectivity index (χ1v) is 7.35. The second kappa shape index (κ2) is 6.35. The van der Waals surface area contributed by atoms with Gasteiger partial charge in [0.15, 0.2) is 0 Å². The molecule has 0 unspecified atom stereocenters. The van der Waals surface area contributed by atoms with Crippen molar-refractivity contribution in [2.24, 2.45) is 5.92 Å². The number of nitrogens with one attached hydrogen (secondary N) is 1. The number of alkyl halides is 3. The van der Waals surface area contributed by atoms with Crippen LogP contribution in [0.5, 0.6) is 5.75 Å². The van der Waals surface area contributed by atoms with Crippen LogP contribution in [0.1, 0.15) is 24.0 Å². The minimum Gasteiger partial charge on any atom is -0.496 e. The van der Waals surface area contributed by atoms with Crippen molar-refractivity contribution in [2.45, 2.75) is 25.4 Å². The number of ether oxygens (including phenoxy) is 1. The van der Waals surface area contributed by atoms with Crippen molar-refractivity contribution < 1.29 is 17.9 Å². The highest BCUT2D eigenvalue weighted by atomic mass is 79.9. The second-order valence-electron chi connectivity index (χ2n) is 5.04. The van der Waals surface area contributed by atoms with Crippen LogP contribution in [0.25, 0.3) is 0 Å². The van der Waals surface area contributed by atoms with Crippen molar-refractivity contribution in [1.82, 2.24) is 5.32 Å². The molecule has 1 aliphatic rings. The first kappa shape index (κ1) is 15.6. The van der Waals surface area contributed by atoms with Crippen molar-refractivity contribution in [3.8, 4) is 5.75 Å². The third-order valence-corrected chi connectivity index (χ3v) is 4.27. The van der Waals surface area contributed by atoms with E-state index in [-0.39, 0.29) is 5.75 Å². The molecule has 2 nitrogen and oxygen atoms in total. The summed E-state index contributed by atoms with van der Waals surface area (Å²) in [7, 11) is 1.37. The van der Waals surface area contributed by atoms with Gasteiger partial charge in [-0.1, -0.05) is 0 Å². The van der Waals surface area contributed by atoms with Gasteiger partial charge in [-0.05, 0) is 71.9 Å². The molecule has 0 bridgehead atoms. The van der Waals surface area contributed by atoms with E-state index in [0.29, 0.717) is 22.4 Å². The number of halogens is 4. The smallest absolute Gasteiger partial charge is 0.416 e. The Hall–Kier alpha value is -0.750. The van der Waals surface area contributed by atoms with Crippen LogP contribution >= 0.6 is 15.9 Å². The zero-order valence-electron chi connectivity index (χ0n) is 11.2. The van der Waals surface area contributed by atoms with Gasteiger partial charge < -0.3 is 10.1 Å². The van der Waals surface area contributed by atoms with Gasteiger partial charge in [0.2, 0.25) is 0 Å². The van der Waals surface area contributed by atoms with Gasteiger partial charge in [0.05, 0.1) is 17.1 Å². The third-order valence-electron chi connectivity index (χ3n) is 3.65. The number of benzene rings is 1. The van der Waals surface area contributed by atoms with E-state index in [2.05, 4.69) is 21.2 Å². The Kier molecular flexibility index (Phi) is 4.96. The molecule has 2 rings (SSSR count). The summed E-state index contributed by atoms with van der Waals surface area (Å²) in [5, 5.41) is 3.22. The van der Waals surface area contributed by atoms with Crippen LogP contribution in [0.2, 0.25) is 0 Å². The molecule has 0 atom stereocenters. The molecule has 0 spiro atoms. The average Bonchev–Trinajstić information content (AvgIpc) is 2.38. The highest BCUT2D eigenvalue weighted by molar-refractivity contribution is 9.10. The van der Waals surface area contributed by atoms with Crippen LogP contribution in [-0.4, -0.2) is 20.2 Å². The SMILES string of the molecule is COc1cc(C(F)(F)F)c(CC2CCNCC2)cc1Br. The van der Waals surface area contributed by atoms with Gasteiger partial charge in [0.1, 0.15) is 5.75 Å². The molecule has 112 valence electrons. The van der Waals surface area contributed by atoms with E-state index in [1.807, 2.05) is 0 Å². The summed E-state index contributed by atoms with van der Waals surface area (Å²) >= 11 is 3.27. The monoisotopic (exact) mass is 351 g/mol. The maximum absolute atomic E-state index is 13.2. The van der Waals surface area contributed by atoms with Crippen LogP contribution in [0.15, 0.2) is 16.6 Å². The van der Waals surface area contributed by atoms with Crippen LogP contribution < -0.4 is 10.1 Å². The van der Waals surface area contributed by atoms with Crippen molar-refractivity contribution >= 4 is 15.9 Å². The Morgan fingerprint density at radius 1 is 1.30 bits per heavy atom. The van der Waals surface area contributed by atoms with Crippen molar-refractivity contribution in [2.75, 3.05) is 20.2 Å². The Morgan fingerprint density at radius 3 is 2.50 bits per heavy atom. The molecule has 1 saturated heterocycles. The molecule has 0 amide bonds. The molecule has 1 N–H and O–H groups in total.